The molecule has 1 aliphatic rings. The van der Waals surface area contributed by atoms with E-state index < -0.39 is 18.1 Å². The molecule has 7 heteroatoms. The highest BCUT2D eigenvalue weighted by atomic mass is 16.5. The van der Waals surface area contributed by atoms with Gasteiger partial charge in [-0.1, -0.05) is 6.92 Å². The number of aliphatic hydroxyl groups excluding tert-OH is 1. The Morgan fingerprint density at radius 1 is 1.32 bits per heavy atom. The van der Waals surface area contributed by atoms with E-state index in [2.05, 4.69) is 21.9 Å². The average Bonchev–Trinajstić information content (AvgIpc) is 2.43. The van der Waals surface area contributed by atoms with Crippen LogP contribution in [0.15, 0.2) is 0 Å². The summed E-state index contributed by atoms with van der Waals surface area (Å²) in [5.74, 6) is -0.643. The number of hydrogen-bond acceptors (Lipinski definition) is 5. The van der Waals surface area contributed by atoms with Gasteiger partial charge in [-0.05, 0) is 13.5 Å². The van der Waals surface area contributed by atoms with Gasteiger partial charge in [0, 0.05) is 26.2 Å². The van der Waals surface area contributed by atoms with Gasteiger partial charge in [-0.25, -0.2) is 9.59 Å². The summed E-state index contributed by atoms with van der Waals surface area (Å²) < 4.78 is 4.56. The van der Waals surface area contributed by atoms with Gasteiger partial charge in [0.1, 0.15) is 0 Å². The number of amides is 2. The van der Waals surface area contributed by atoms with Crippen LogP contribution in [-0.4, -0.2) is 78.9 Å². The lowest BCUT2D eigenvalue weighted by Crippen LogP contribution is -2.56. The fourth-order valence-electron chi connectivity index (χ4n) is 1.99. The maximum atomic E-state index is 12.0. The second-order valence-corrected chi connectivity index (χ2v) is 4.61. The first-order valence-electron chi connectivity index (χ1n) is 6.53. The van der Waals surface area contributed by atoms with Crippen LogP contribution in [0.3, 0.4) is 0 Å². The molecule has 0 spiro atoms. The molecule has 2 N–H and O–H groups in total. The standard InChI is InChI=1S/C12H23N3O4/c1-4-14-5-7-15(8-6-14)12(18)13-10(9(2)16)11(17)19-3/h9-10,16H,4-8H2,1-3H3,(H,13,18)/t9-,10+/m0/s1. The van der Waals surface area contributed by atoms with Gasteiger partial charge >= 0.3 is 12.0 Å². The molecule has 1 rings (SSSR count). The van der Waals surface area contributed by atoms with Crippen molar-refractivity contribution in [1.29, 1.82) is 0 Å². The van der Waals surface area contributed by atoms with Crippen LogP contribution in [0, 0.1) is 0 Å². The van der Waals surface area contributed by atoms with E-state index in [1.54, 1.807) is 4.90 Å². The average molecular weight is 273 g/mol. The molecule has 0 saturated carbocycles. The molecule has 2 atom stereocenters. The number of likely N-dealkylation sites (N-methyl/N-ethyl adjacent to an activating group) is 1. The number of methoxy groups -OCH3 is 1. The van der Waals surface area contributed by atoms with Crippen molar-refractivity contribution in [3.05, 3.63) is 0 Å². The van der Waals surface area contributed by atoms with E-state index in [0.29, 0.717) is 13.1 Å². The highest BCUT2D eigenvalue weighted by Gasteiger charge is 2.29. The summed E-state index contributed by atoms with van der Waals surface area (Å²) in [6.45, 7) is 7.37. The number of nitrogens with one attached hydrogen (secondary N) is 1. The van der Waals surface area contributed by atoms with Gasteiger partial charge in [-0.2, -0.15) is 0 Å². The normalized spacial score (nSPS) is 19.7. The van der Waals surface area contributed by atoms with Crippen molar-refractivity contribution in [2.24, 2.45) is 0 Å². The van der Waals surface area contributed by atoms with Crippen LogP contribution in [0.25, 0.3) is 0 Å². The Morgan fingerprint density at radius 3 is 2.32 bits per heavy atom. The predicted octanol–water partition coefficient (Wildman–Crippen LogP) is -0.744. The van der Waals surface area contributed by atoms with Gasteiger partial charge in [0.15, 0.2) is 6.04 Å². The maximum Gasteiger partial charge on any atom is 0.331 e. The van der Waals surface area contributed by atoms with Crippen LogP contribution in [0.5, 0.6) is 0 Å². The topological polar surface area (TPSA) is 82.1 Å². The fourth-order valence-corrected chi connectivity index (χ4v) is 1.99. The molecule has 1 aliphatic heterocycles. The smallest absolute Gasteiger partial charge is 0.331 e. The zero-order valence-electron chi connectivity index (χ0n) is 11.8. The molecule has 0 aromatic rings. The summed E-state index contributed by atoms with van der Waals surface area (Å²) in [5, 5.41) is 12.0. The lowest BCUT2D eigenvalue weighted by atomic mass is 10.2. The molecule has 0 bridgehead atoms. The number of aliphatic hydroxyl groups is 1. The minimum Gasteiger partial charge on any atom is -0.467 e. The molecule has 0 radical (unpaired) electrons. The lowest BCUT2D eigenvalue weighted by molar-refractivity contribution is -0.145. The first-order chi connectivity index (χ1) is 8.99. The maximum absolute atomic E-state index is 12.0. The van der Waals surface area contributed by atoms with E-state index in [4.69, 9.17) is 0 Å². The molecule has 0 aliphatic carbocycles. The fraction of sp³-hybridized carbons (Fsp3) is 0.833. The van der Waals surface area contributed by atoms with Gasteiger partial charge < -0.3 is 25.0 Å². The van der Waals surface area contributed by atoms with Gasteiger partial charge in [0.25, 0.3) is 0 Å². The van der Waals surface area contributed by atoms with E-state index >= 15 is 0 Å². The van der Waals surface area contributed by atoms with Gasteiger partial charge in [-0.15, -0.1) is 0 Å². The number of carbonyl (C=O) groups is 2. The molecule has 0 aromatic heterocycles. The lowest BCUT2D eigenvalue weighted by Gasteiger charge is -2.34. The quantitative estimate of drug-likeness (QED) is 0.659. The Balaban J connectivity index is 2.51. The third kappa shape index (κ3) is 4.36. The Kier molecular flexibility index (Phi) is 6.04. The van der Waals surface area contributed by atoms with Crippen LogP contribution < -0.4 is 5.32 Å². The zero-order chi connectivity index (χ0) is 14.4. The number of piperazine rings is 1. The number of hydrogen-bond donors (Lipinski definition) is 2. The largest absolute Gasteiger partial charge is 0.467 e. The van der Waals surface area contributed by atoms with Crippen LogP contribution >= 0.6 is 0 Å². The molecular weight excluding hydrogens is 250 g/mol. The highest BCUT2D eigenvalue weighted by Crippen LogP contribution is 2.03. The highest BCUT2D eigenvalue weighted by molar-refractivity contribution is 5.84. The zero-order valence-corrected chi connectivity index (χ0v) is 11.8. The molecule has 0 aromatic carbocycles. The van der Waals surface area contributed by atoms with E-state index in [-0.39, 0.29) is 6.03 Å². The number of ether oxygens (including phenoxy) is 1. The summed E-state index contributed by atoms with van der Waals surface area (Å²) >= 11 is 0. The molecule has 0 unspecified atom stereocenters. The molecule has 110 valence electrons. The molecule has 7 nitrogen and oxygen atoms in total. The van der Waals surface area contributed by atoms with Crippen LogP contribution in [0.2, 0.25) is 0 Å². The molecule has 1 saturated heterocycles. The summed E-state index contributed by atoms with van der Waals surface area (Å²) in [6, 6.07) is -1.37. The minimum atomic E-state index is -1.03. The summed E-state index contributed by atoms with van der Waals surface area (Å²) in [6.07, 6.45) is -0.992. The monoisotopic (exact) mass is 273 g/mol. The number of carbonyl (C=O) groups excluding carboxylic acids is 2. The van der Waals surface area contributed by atoms with Crippen molar-refractivity contribution < 1.29 is 19.4 Å². The summed E-state index contributed by atoms with van der Waals surface area (Å²) in [4.78, 5) is 27.3. The van der Waals surface area contributed by atoms with Crippen molar-refractivity contribution in [1.82, 2.24) is 15.1 Å². The number of rotatable bonds is 4. The summed E-state index contributed by atoms with van der Waals surface area (Å²) in [7, 11) is 1.23. The number of nitrogens with zero attached hydrogens (tertiary/aromatic N) is 2. The Bertz CT molecular complexity index is 314. The van der Waals surface area contributed by atoms with Crippen LogP contribution in [0.4, 0.5) is 4.79 Å². The van der Waals surface area contributed by atoms with Crippen molar-refractivity contribution in [2.45, 2.75) is 26.0 Å². The van der Waals surface area contributed by atoms with Crippen LogP contribution in [-0.2, 0) is 9.53 Å². The summed E-state index contributed by atoms with van der Waals surface area (Å²) in [5.41, 5.74) is 0. The van der Waals surface area contributed by atoms with Crippen molar-refractivity contribution in [3.8, 4) is 0 Å². The van der Waals surface area contributed by atoms with E-state index in [9.17, 15) is 14.7 Å². The van der Waals surface area contributed by atoms with Gasteiger partial charge in [0.2, 0.25) is 0 Å². The Labute approximate surface area is 113 Å². The second kappa shape index (κ2) is 7.30. The third-order valence-corrected chi connectivity index (χ3v) is 3.32. The molecule has 1 fully saturated rings. The molecule has 2 amide bonds. The van der Waals surface area contributed by atoms with Crippen molar-refractivity contribution >= 4 is 12.0 Å². The molecular formula is C12H23N3O4. The van der Waals surface area contributed by atoms with Crippen LogP contribution in [0.1, 0.15) is 13.8 Å². The Hall–Kier alpha value is -1.34. The number of esters is 1. The number of urea groups is 1. The molecule has 1 heterocycles. The van der Waals surface area contributed by atoms with E-state index in [0.717, 1.165) is 19.6 Å². The van der Waals surface area contributed by atoms with Crippen molar-refractivity contribution in [2.75, 3.05) is 39.8 Å². The molecule has 19 heavy (non-hydrogen) atoms. The third-order valence-electron chi connectivity index (χ3n) is 3.32. The first-order valence-corrected chi connectivity index (χ1v) is 6.53. The van der Waals surface area contributed by atoms with Gasteiger partial charge in [-0.3, -0.25) is 0 Å². The van der Waals surface area contributed by atoms with E-state index in [1.165, 1.54) is 14.0 Å². The Morgan fingerprint density at radius 2 is 1.89 bits per heavy atom. The minimum absolute atomic E-state index is 0.341. The predicted molar refractivity (Wildman–Crippen MR) is 69.7 cm³/mol. The first kappa shape index (κ1) is 15.7. The SMILES string of the molecule is CCN1CCN(C(=O)N[C@@H](C(=O)OC)[C@H](C)O)CC1. The van der Waals surface area contributed by atoms with Gasteiger partial charge in [0.05, 0.1) is 13.2 Å². The second-order valence-electron chi connectivity index (χ2n) is 4.61. The van der Waals surface area contributed by atoms with Crippen molar-refractivity contribution in [3.63, 3.8) is 0 Å². The van der Waals surface area contributed by atoms with E-state index in [1.807, 2.05) is 0 Å².